The predicted molar refractivity (Wildman–Crippen MR) is 81.4 cm³/mol. The summed E-state index contributed by atoms with van der Waals surface area (Å²) >= 11 is 4.69. The van der Waals surface area contributed by atoms with E-state index in [1.807, 2.05) is 0 Å². The van der Waals surface area contributed by atoms with Crippen molar-refractivity contribution < 1.29 is 36.2 Å². The van der Waals surface area contributed by atoms with Crippen molar-refractivity contribution in [2.24, 2.45) is 0 Å². The largest absolute Gasteiger partial charge is 0.439 e. The molecule has 2 rings (SSSR count). The number of esters is 1. The first-order valence-electron chi connectivity index (χ1n) is 7.11. The second-order valence-corrected chi connectivity index (χ2v) is 5.60. The lowest BCUT2D eigenvalue weighted by atomic mass is 10.3. The van der Waals surface area contributed by atoms with Gasteiger partial charge in [-0.1, -0.05) is 0 Å². The molecule has 4 nitrogen and oxygen atoms in total. The molecule has 0 amide bonds. The van der Waals surface area contributed by atoms with E-state index in [9.17, 15) is 26.7 Å². The van der Waals surface area contributed by atoms with Crippen LogP contribution in [0.1, 0.15) is 18.4 Å². The number of benzene rings is 1. The van der Waals surface area contributed by atoms with Crippen molar-refractivity contribution in [3.63, 3.8) is 0 Å². The summed E-state index contributed by atoms with van der Waals surface area (Å²) in [6, 6.07) is 7.29. The number of hydrogen-bond donors (Lipinski definition) is 0. The Morgan fingerprint density at radius 3 is 2.12 bits per heavy atom. The summed E-state index contributed by atoms with van der Waals surface area (Å²) < 4.78 is 72.3. The minimum atomic E-state index is -4.50. The molecule has 10 heteroatoms. The number of nitrogens with zero attached hydrogens (tertiary/aromatic N) is 1. The molecule has 0 bridgehead atoms. The van der Waals surface area contributed by atoms with Gasteiger partial charge in [0.1, 0.15) is 11.5 Å². The highest BCUT2D eigenvalue weighted by Gasteiger charge is 2.30. The average Bonchev–Trinajstić information content (AvgIpc) is 2.54. The molecule has 0 fully saturated rings. The highest BCUT2D eigenvalue weighted by atomic mass is 35.5. The zero-order valence-corrected chi connectivity index (χ0v) is 13.7. The molecule has 1 aromatic heterocycles. The van der Waals surface area contributed by atoms with E-state index in [1.165, 1.54) is 24.3 Å². The molecule has 0 radical (unpaired) electrons. The van der Waals surface area contributed by atoms with E-state index in [0.717, 1.165) is 12.1 Å². The minimum Gasteiger partial charge on any atom is -0.439 e. The number of rotatable bonds is 6. The minimum absolute atomic E-state index is 0.0629. The standard InChI is InChI=1S/C16H11ClF5NO3/c17-15(18,19)8-7-14(24)26-12-4-2-11(3-5-12)25-13-6-1-10(9-23-13)16(20,21)22/h1-6,9H,7-8H2. The maximum atomic E-state index is 12.4. The number of hydrogen-bond acceptors (Lipinski definition) is 4. The molecule has 0 aliphatic rings. The lowest BCUT2D eigenvalue weighted by Gasteiger charge is -2.09. The second-order valence-electron chi connectivity index (χ2n) is 5.05. The fraction of sp³-hybridized carbons (Fsp3) is 0.250. The maximum Gasteiger partial charge on any atom is 0.417 e. The van der Waals surface area contributed by atoms with Gasteiger partial charge in [0.15, 0.2) is 0 Å². The fourth-order valence-electron chi connectivity index (χ4n) is 1.73. The molecule has 26 heavy (non-hydrogen) atoms. The van der Waals surface area contributed by atoms with Crippen molar-refractivity contribution in [1.82, 2.24) is 4.98 Å². The van der Waals surface area contributed by atoms with E-state index in [1.54, 1.807) is 0 Å². The van der Waals surface area contributed by atoms with Crippen LogP contribution in [-0.2, 0) is 11.0 Å². The summed E-state index contributed by atoms with van der Waals surface area (Å²) in [5.74, 6) is -0.638. The van der Waals surface area contributed by atoms with Crippen LogP contribution >= 0.6 is 11.6 Å². The van der Waals surface area contributed by atoms with Crippen LogP contribution in [-0.4, -0.2) is 16.3 Å². The Morgan fingerprint density at radius 2 is 1.62 bits per heavy atom. The Labute approximate surface area is 149 Å². The molecule has 1 heterocycles. The van der Waals surface area contributed by atoms with Crippen molar-refractivity contribution in [1.29, 1.82) is 0 Å². The van der Waals surface area contributed by atoms with Crippen LogP contribution in [0.15, 0.2) is 42.6 Å². The molecule has 0 saturated heterocycles. The van der Waals surface area contributed by atoms with Crippen LogP contribution in [0.2, 0.25) is 0 Å². The second kappa shape index (κ2) is 7.86. The van der Waals surface area contributed by atoms with Crippen LogP contribution in [0.3, 0.4) is 0 Å². The number of carbonyl (C=O) groups is 1. The van der Waals surface area contributed by atoms with Crippen molar-refractivity contribution in [2.45, 2.75) is 24.4 Å². The molecular formula is C16H11ClF5NO3. The van der Waals surface area contributed by atoms with Crippen molar-refractivity contribution >= 4 is 17.6 Å². The molecule has 0 aliphatic carbocycles. The van der Waals surface area contributed by atoms with E-state index in [0.29, 0.717) is 6.20 Å². The highest BCUT2D eigenvalue weighted by molar-refractivity contribution is 6.21. The lowest BCUT2D eigenvalue weighted by Crippen LogP contribution is -2.13. The van der Waals surface area contributed by atoms with Gasteiger partial charge in [0, 0.05) is 18.7 Å². The summed E-state index contributed by atoms with van der Waals surface area (Å²) in [5.41, 5.74) is -0.908. The van der Waals surface area contributed by atoms with Gasteiger partial charge in [0.2, 0.25) is 5.88 Å². The topological polar surface area (TPSA) is 48.4 Å². The average molecular weight is 396 g/mol. The normalized spacial score (nSPS) is 11.9. The molecule has 0 spiro atoms. The van der Waals surface area contributed by atoms with Crippen molar-refractivity contribution in [3.05, 3.63) is 48.2 Å². The van der Waals surface area contributed by atoms with E-state index in [4.69, 9.17) is 9.47 Å². The van der Waals surface area contributed by atoms with Gasteiger partial charge in [-0.25, -0.2) is 4.98 Å². The van der Waals surface area contributed by atoms with Gasteiger partial charge in [0.05, 0.1) is 12.0 Å². The first-order chi connectivity index (χ1) is 12.0. The molecule has 0 atom stereocenters. The predicted octanol–water partition coefficient (Wildman–Crippen LogP) is 5.41. The summed E-state index contributed by atoms with van der Waals surface area (Å²) in [7, 11) is 0. The van der Waals surface area contributed by atoms with Gasteiger partial charge in [-0.3, -0.25) is 4.79 Å². The van der Waals surface area contributed by atoms with E-state index >= 15 is 0 Å². The van der Waals surface area contributed by atoms with E-state index in [2.05, 4.69) is 16.6 Å². The summed E-state index contributed by atoms with van der Waals surface area (Å²) in [6.07, 6.45) is -5.28. The van der Waals surface area contributed by atoms with Gasteiger partial charge in [-0.15, -0.1) is 0 Å². The zero-order chi connectivity index (χ0) is 19.4. The summed E-state index contributed by atoms with van der Waals surface area (Å²) in [6.45, 7) is 0. The molecule has 140 valence electrons. The molecule has 0 N–H and O–H groups in total. The molecular weight excluding hydrogens is 385 g/mol. The van der Waals surface area contributed by atoms with Crippen molar-refractivity contribution in [3.8, 4) is 17.4 Å². The Bertz CT molecular complexity index is 742. The number of carbonyl (C=O) groups excluding carboxylic acids is 1. The van der Waals surface area contributed by atoms with Crippen LogP contribution in [0.4, 0.5) is 22.0 Å². The van der Waals surface area contributed by atoms with Crippen LogP contribution in [0.25, 0.3) is 0 Å². The van der Waals surface area contributed by atoms with Crippen LogP contribution < -0.4 is 9.47 Å². The number of pyridine rings is 1. The van der Waals surface area contributed by atoms with Gasteiger partial charge in [-0.2, -0.15) is 22.0 Å². The molecule has 0 saturated carbocycles. The first kappa shape index (κ1) is 19.9. The molecule has 0 unspecified atom stereocenters. The van der Waals surface area contributed by atoms with Crippen molar-refractivity contribution in [2.75, 3.05) is 0 Å². The Balaban J connectivity index is 1.92. The molecule has 0 aliphatic heterocycles. The fourth-order valence-corrected chi connectivity index (χ4v) is 1.83. The number of alkyl halides is 6. The smallest absolute Gasteiger partial charge is 0.417 e. The summed E-state index contributed by atoms with van der Waals surface area (Å²) in [5, 5.41) is -3.48. The van der Waals surface area contributed by atoms with Crippen LogP contribution in [0, 0.1) is 0 Å². The van der Waals surface area contributed by atoms with E-state index < -0.39 is 35.9 Å². The molecule has 1 aromatic carbocycles. The van der Waals surface area contributed by atoms with Gasteiger partial charge in [-0.05, 0) is 41.9 Å². The third-order valence-corrected chi connectivity index (χ3v) is 3.14. The SMILES string of the molecule is O=C(CCC(F)(F)Cl)Oc1ccc(Oc2ccc(C(F)(F)F)cn2)cc1. The third kappa shape index (κ3) is 6.47. The number of halogens is 6. The quantitative estimate of drug-likeness (QED) is 0.284. The summed E-state index contributed by atoms with van der Waals surface area (Å²) in [4.78, 5) is 14.9. The van der Waals surface area contributed by atoms with Crippen LogP contribution in [0.5, 0.6) is 17.4 Å². The Morgan fingerprint density at radius 1 is 1.00 bits per heavy atom. The molecule has 2 aromatic rings. The number of ether oxygens (including phenoxy) is 2. The Kier molecular flexibility index (Phi) is 6.01. The Hall–Kier alpha value is -2.42. The highest BCUT2D eigenvalue weighted by Crippen LogP contribution is 2.30. The number of aromatic nitrogens is 1. The maximum absolute atomic E-state index is 12.4. The third-order valence-electron chi connectivity index (χ3n) is 2.95. The monoisotopic (exact) mass is 395 g/mol. The zero-order valence-electron chi connectivity index (χ0n) is 12.9. The van der Waals surface area contributed by atoms with Gasteiger partial charge in [0.25, 0.3) is 0 Å². The lowest BCUT2D eigenvalue weighted by molar-refractivity contribution is -0.138. The first-order valence-corrected chi connectivity index (χ1v) is 7.49. The van der Waals surface area contributed by atoms with E-state index in [-0.39, 0.29) is 17.4 Å². The van der Waals surface area contributed by atoms with Gasteiger partial charge >= 0.3 is 17.5 Å². The van der Waals surface area contributed by atoms with Gasteiger partial charge < -0.3 is 9.47 Å².